The summed E-state index contributed by atoms with van der Waals surface area (Å²) in [5.74, 6) is -0.439. The monoisotopic (exact) mass is 305 g/mol. The molecular formula is C14H12BrNO2. The number of hydrogen-bond acceptors (Lipinski definition) is 2. The van der Waals surface area contributed by atoms with Gasteiger partial charge in [-0.1, -0.05) is 28.1 Å². The second-order valence-corrected chi connectivity index (χ2v) is 5.56. The molecule has 0 bridgehead atoms. The Morgan fingerprint density at radius 3 is 1.94 bits per heavy atom. The number of hydrogen-bond donors (Lipinski definition) is 0. The molecule has 2 aliphatic rings. The van der Waals surface area contributed by atoms with Gasteiger partial charge in [0.25, 0.3) is 0 Å². The van der Waals surface area contributed by atoms with Crippen LogP contribution in [0, 0.1) is 11.8 Å². The van der Waals surface area contributed by atoms with Gasteiger partial charge in [0, 0.05) is 4.47 Å². The molecule has 0 radical (unpaired) electrons. The first-order chi connectivity index (χ1) is 8.68. The average Bonchev–Trinajstić information content (AvgIpc) is 2.64. The second-order valence-electron chi connectivity index (χ2n) is 4.64. The molecule has 0 N–H and O–H groups in total. The van der Waals surface area contributed by atoms with Gasteiger partial charge in [-0.25, -0.2) is 0 Å². The van der Waals surface area contributed by atoms with E-state index < -0.39 is 0 Å². The highest BCUT2D eigenvalue weighted by Gasteiger charge is 2.47. The number of rotatable bonds is 1. The van der Waals surface area contributed by atoms with Gasteiger partial charge in [0.2, 0.25) is 11.8 Å². The molecular weight excluding hydrogens is 294 g/mol. The first-order valence-corrected chi connectivity index (χ1v) is 6.76. The average molecular weight is 306 g/mol. The van der Waals surface area contributed by atoms with Crippen LogP contribution in [0.2, 0.25) is 0 Å². The molecule has 18 heavy (non-hydrogen) atoms. The number of nitrogens with zero attached hydrogens (tertiary/aromatic N) is 1. The Bertz CT molecular complexity index is 509. The fourth-order valence-electron chi connectivity index (χ4n) is 2.64. The zero-order chi connectivity index (χ0) is 12.7. The van der Waals surface area contributed by atoms with Gasteiger partial charge in [0.15, 0.2) is 0 Å². The molecule has 1 saturated heterocycles. The molecule has 0 spiro atoms. The van der Waals surface area contributed by atoms with Gasteiger partial charge < -0.3 is 0 Å². The van der Waals surface area contributed by atoms with Crippen LogP contribution in [0.5, 0.6) is 0 Å². The van der Waals surface area contributed by atoms with Crippen molar-refractivity contribution >= 4 is 33.4 Å². The van der Waals surface area contributed by atoms with Crippen LogP contribution in [0.15, 0.2) is 40.9 Å². The van der Waals surface area contributed by atoms with E-state index in [1.54, 1.807) is 12.1 Å². The van der Waals surface area contributed by atoms with Crippen LogP contribution in [-0.2, 0) is 9.59 Å². The van der Waals surface area contributed by atoms with Crippen molar-refractivity contribution < 1.29 is 9.59 Å². The van der Waals surface area contributed by atoms with Crippen LogP contribution in [0.1, 0.15) is 12.8 Å². The highest BCUT2D eigenvalue weighted by molar-refractivity contribution is 9.10. The predicted molar refractivity (Wildman–Crippen MR) is 72.0 cm³/mol. The van der Waals surface area contributed by atoms with E-state index in [0.717, 1.165) is 4.47 Å². The zero-order valence-corrected chi connectivity index (χ0v) is 11.3. The summed E-state index contributed by atoms with van der Waals surface area (Å²) in [5, 5.41) is 0. The van der Waals surface area contributed by atoms with Gasteiger partial charge >= 0.3 is 0 Å². The van der Waals surface area contributed by atoms with Gasteiger partial charge in [-0.05, 0) is 37.1 Å². The van der Waals surface area contributed by atoms with Crippen LogP contribution in [0.25, 0.3) is 0 Å². The minimum atomic E-state index is -0.161. The van der Waals surface area contributed by atoms with E-state index >= 15 is 0 Å². The van der Waals surface area contributed by atoms with E-state index in [-0.39, 0.29) is 23.7 Å². The number of fused-ring (bicyclic) bond motifs is 1. The van der Waals surface area contributed by atoms with Crippen LogP contribution in [0.3, 0.4) is 0 Å². The lowest BCUT2D eigenvalue weighted by atomic mass is 9.85. The molecule has 1 aromatic rings. The summed E-state index contributed by atoms with van der Waals surface area (Å²) in [6, 6.07) is 7.28. The second kappa shape index (κ2) is 4.35. The maximum absolute atomic E-state index is 12.3. The fourth-order valence-corrected chi connectivity index (χ4v) is 2.91. The SMILES string of the molecule is O=C1[C@H]2CC=CC[C@H]2C(=O)N1c1ccc(Br)cc1. The lowest BCUT2D eigenvalue weighted by Gasteiger charge is -2.14. The Morgan fingerprint density at radius 2 is 1.44 bits per heavy atom. The maximum atomic E-state index is 12.3. The molecule has 1 aromatic carbocycles. The van der Waals surface area contributed by atoms with Crippen molar-refractivity contribution in [1.82, 2.24) is 0 Å². The van der Waals surface area contributed by atoms with Gasteiger partial charge in [0.1, 0.15) is 0 Å². The lowest BCUT2D eigenvalue weighted by molar-refractivity contribution is -0.122. The topological polar surface area (TPSA) is 37.4 Å². The third-order valence-corrected chi connectivity index (χ3v) is 4.12. The van der Waals surface area contributed by atoms with Crippen LogP contribution in [-0.4, -0.2) is 11.8 Å². The number of allylic oxidation sites excluding steroid dienone is 2. The maximum Gasteiger partial charge on any atom is 0.238 e. The van der Waals surface area contributed by atoms with Gasteiger partial charge in [0.05, 0.1) is 17.5 Å². The normalized spacial score (nSPS) is 26.6. The van der Waals surface area contributed by atoms with Gasteiger partial charge in [-0.15, -0.1) is 0 Å². The molecule has 2 atom stereocenters. The van der Waals surface area contributed by atoms with Crippen molar-refractivity contribution in [3.8, 4) is 0 Å². The number of benzene rings is 1. The summed E-state index contributed by atoms with van der Waals surface area (Å²) >= 11 is 3.35. The highest BCUT2D eigenvalue weighted by atomic mass is 79.9. The third-order valence-electron chi connectivity index (χ3n) is 3.59. The number of imide groups is 1. The molecule has 1 heterocycles. The molecule has 4 heteroatoms. The number of halogens is 1. The lowest BCUT2D eigenvalue weighted by Crippen LogP contribution is -2.30. The Hall–Kier alpha value is -1.42. The molecule has 0 saturated carbocycles. The number of anilines is 1. The summed E-state index contributed by atoms with van der Waals surface area (Å²) in [5.41, 5.74) is 0.669. The summed E-state index contributed by atoms with van der Waals surface area (Å²) in [6.45, 7) is 0. The minimum Gasteiger partial charge on any atom is -0.274 e. The molecule has 1 fully saturated rings. The Labute approximate surface area is 114 Å². The van der Waals surface area contributed by atoms with Gasteiger partial charge in [-0.2, -0.15) is 0 Å². The van der Waals surface area contributed by atoms with E-state index in [1.165, 1.54) is 4.90 Å². The molecule has 1 aliphatic heterocycles. The summed E-state index contributed by atoms with van der Waals surface area (Å²) in [6.07, 6.45) is 5.36. The van der Waals surface area contributed by atoms with Crippen molar-refractivity contribution in [2.45, 2.75) is 12.8 Å². The van der Waals surface area contributed by atoms with E-state index in [9.17, 15) is 9.59 Å². The van der Waals surface area contributed by atoms with Crippen LogP contribution >= 0.6 is 15.9 Å². The first kappa shape index (κ1) is 11.7. The number of amides is 2. The van der Waals surface area contributed by atoms with E-state index in [1.807, 2.05) is 24.3 Å². The van der Waals surface area contributed by atoms with Crippen molar-refractivity contribution in [1.29, 1.82) is 0 Å². The smallest absolute Gasteiger partial charge is 0.238 e. The summed E-state index contributed by atoms with van der Waals surface area (Å²) in [4.78, 5) is 25.9. The van der Waals surface area contributed by atoms with Crippen molar-refractivity contribution in [3.63, 3.8) is 0 Å². The third kappa shape index (κ3) is 1.72. The fraction of sp³-hybridized carbons (Fsp3) is 0.286. The largest absolute Gasteiger partial charge is 0.274 e. The molecule has 0 aromatic heterocycles. The van der Waals surface area contributed by atoms with Crippen molar-refractivity contribution in [2.75, 3.05) is 4.90 Å². The molecule has 3 rings (SSSR count). The van der Waals surface area contributed by atoms with Crippen molar-refractivity contribution in [2.24, 2.45) is 11.8 Å². The Morgan fingerprint density at radius 1 is 0.944 bits per heavy atom. The minimum absolute atomic E-state index is 0.0586. The van der Waals surface area contributed by atoms with Gasteiger partial charge in [-0.3, -0.25) is 14.5 Å². The number of carbonyl (C=O) groups excluding carboxylic acids is 2. The predicted octanol–water partition coefficient (Wildman–Crippen LogP) is 2.90. The first-order valence-electron chi connectivity index (χ1n) is 5.97. The summed E-state index contributed by atoms with van der Waals surface area (Å²) < 4.78 is 0.935. The zero-order valence-electron chi connectivity index (χ0n) is 9.67. The summed E-state index contributed by atoms with van der Waals surface area (Å²) in [7, 11) is 0. The number of carbonyl (C=O) groups is 2. The highest BCUT2D eigenvalue weighted by Crippen LogP contribution is 2.37. The standard InChI is InChI=1S/C14H12BrNO2/c15-9-5-7-10(8-6-9)16-13(17)11-3-1-2-4-12(11)14(16)18/h1-2,5-8,11-12H,3-4H2/t11-,12+. The van der Waals surface area contributed by atoms with E-state index in [2.05, 4.69) is 15.9 Å². The van der Waals surface area contributed by atoms with Crippen LogP contribution < -0.4 is 4.90 Å². The molecule has 0 unspecified atom stereocenters. The Kier molecular flexibility index (Phi) is 2.82. The van der Waals surface area contributed by atoms with E-state index in [0.29, 0.717) is 18.5 Å². The Balaban J connectivity index is 1.96. The quantitative estimate of drug-likeness (QED) is 0.591. The van der Waals surface area contributed by atoms with Crippen molar-refractivity contribution in [3.05, 3.63) is 40.9 Å². The molecule has 2 amide bonds. The molecule has 3 nitrogen and oxygen atoms in total. The van der Waals surface area contributed by atoms with Crippen LogP contribution in [0.4, 0.5) is 5.69 Å². The van der Waals surface area contributed by atoms with E-state index in [4.69, 9.17) is 0 Å². The molecule has 92 valence electrons. The molecule has 1 aliphatic carbocycles.